The number of nitrogens with zero attached hydrogens (tertiary/aromatic N) is 2. The number of hydrogen-bond acceptors (Lipinski definition) is 4. The largest absolute Gasteiger partial charge is 0.497 e. The van der Waals surface area contributed by atoms with Crippen molar-refractivity contribution in [3.63, 3.8) is 0 Å². The third-order valence-electron chi connectivity index (χ3n) is 5.66. The number of guanidine groups is 1. The van der Waals surface area contributed by atoms with Gasteiger partial charge in [0.05, 0.1) is 14.2 Å². The van der Waals surface area contributed by atoms with Crippen LogP contribution in [0.3, 0.4) is 0 Å². The zero-order chi connectivity index (χ0) is 21.9. The molecule has 6 nitrogen and oxygen atoms in total. The van der Waals surface area contributed by atoms with E-state index in [-0.39, 0.29) is 0 Å². The van der Waals surface area contributed by atoms with Gasteiger partial charge in [0.1, 0.15) is 11.5 Å². The first kappa shape index (κ1) is 22.9. The van der Waals surface area contributed by atoms with E-state index in [4.69, 9.17) is 14.5 Å². The number of methoxy groups -OCH3 is 2. The molecule has 168 valence electrons. The first-order valence-corrected chi connectivity index (χ1v) is 11.2. The van der Waals surface area contributed by atoms with Crippen LogP contribution in [-0.2, 0) is 13.0 Å². The summed E-state index contributed by atoms with van der Waals surface area (Å²) in [6.07, 6.45) is 3.05. The summed E-state index contributed by atoms with van der Waals surface area (Å²) in [7, 11) is 3.38. The molecule has 2 N–H and O–H groups in total. The van der Waals surface area contributed by atoms with Gasteiger partial charge >= 0.3 is 0 Å². The number of likely N-dealkylation sites (tertiary alicyclic amines) is 1. The standard InChI is InChI=1S/C25H36N4O2/c1-4-26-25(27-15-12-21-18-23(30-2)10-11-24(21)31-3)28-22-13-16-29(17-14-22)19-20-8-6-5-7-9-20/h5-11,18,22H,4,12-17,19H2,1-3H3,(H2,26,27,28). The molecule has 31 heavy (non-hydrogen) atoms. The molecular weight excluding hydrogens is 388 g/mol. The maximum absolute atomic E-state index is 5.48. The minimum Gasteiger partial charge on any atom is -0.497 e. The Morgan fingerprint density at radius 3 is 2.52 bits per heavy atom. The molecular formula is C25H36N4O2. The second kappa shape index (κ2) is 12.2. The molecule has 0 amide bonds. The molecule has 0 unspecified atom stereocenters. The Balaban J connectivity index is 1.50. The van der Waals surface area contributed by atoms with Gasteiger partial charge in [0.15, 0.2) is 5.96 Å². The van der Waals surface area contributed by atoms with Gasteiger partial charge in [0.25, 0.3) is 0 Å². The highest BCUT2D eigenvalue weighted by Crippen LogP contribution is 2.24. The molecule has 1 heterocycles. The maximum Gasteiger partial charge on any atom is 0.191 e. The summed E-state index contributed by atoms with van der Waals surface area (Å²) in [6, 6.07) is 17.1. The molecule has 1 saturated heterocycles. The van der Waals surface area contributed by atoms with Crippen LogP contribution >= 0.6 is 0 Å². The van der Waals surface area contributed by atoms with E-state index in [9.17, 15) is 0 Å². The maximum atomic E-state index is 5.48. The van der Waals surface area contributed by atoms with E-state index in [0.29, 0.717) is 12.6 Å². The van der Waals surface area contributed by atoms with Crippen molar-refractivity contribution in [3.8, 4) is 11.5 Å². The predicted octanol–water partition coefficient (Wildman–Crippen LogP) is 3.47. The van der Waals surface area contributed by atoms with Crippen molar-refractivity contribution in [1.82, 2.24) is 15.5 Å². The fraction of sp³-hybridized carbons (Fsp3) is 0.480. The van der Waals surface area contributed by atoms with Crippen LogP contribution < -0.4 is 20.1 Å². The number of rotatable bonds is 9. The summed E-state index contributed by atoms with van der Waals surface area (Å²) in [4.78, 5) is 7.34. The predicted molar refractivity (Wildman–Crippen MR) is 127 cm³/mol. The Morgan fingerprint density at radius 2 is 1.84 bits per heavy atom. The Hall–Kier alpha value is -2.73. The van der Waals surface area contributed by atoms with Crippen molar-refractivity contribution in [2.45, 2.75) is 38.8 Å². The van der Waals surface area contributed by atoms with E-state index in [1.807, 2.05) is 18.2 Å². The molecule has 1 aliphatic heterocycles. The van der Waals surface area contributed by atoms with Crippen LogP contribution in [0.15, 0.2) is 53.5 Å². The van der Waals surface area contributed by atoms with Crippen LogP contribution in [0.2, 0.25) is 0 Å². The van der Waals surface area contributed by atoms with Gasteiger partial charge in [-0.2, -0.15) is 0 Å². The van der Waals surface area contributed by atoms with Gasteiger partial charge < -0.3 is 20.1 Å². The number of hydrogen-bond donors (Lipinski definition) is 2. The second-order valence-corrected chi connectivity index (χ2v) is 7.87. The highest BCUT2D eigenvalue weighted by Gasteiger charge is 2.20. The zero-order valence-electron chi connectivity index (χ0n) is 19.1. The van der Waals surface area contributed by atoms with Gasteiger partial charge in [-0.3, -0.25) is 9.89 Å². The first-order chi connectivity index (χ1) is 15.2. The second-order valence-electron chi connectivity index (χ2n) is 7.87. The van der Waals surface area contributed by atoms with Gasteiger partial charge in [-0.25, -0.2) is 0 Å². The molecule has 0 atom stereocenters. The Bertz CT molecular complexity index is 818. The Morgan fingerprint density at radius 1 is 1.06 bits per heavy atom. The lowest BCUT2D eigenvalue weighted by atomic mass is 10.0. The monoisotopic (exact) mass is 424 g/mol. The third-order valence-corrected chi connectivity index (χ3v) is 5.66. The van der Waals surface area contributed by atoms with Gasteiger partial charge in [0.2, 0.25) is 0 Å². The number of ether oxygens (including phenoxy) is 2. The molecule has 3 rings (SSSR count). The lowest BCUT2D eigenvalue weighted by molar-refractivity contribution is 0.198. The third kappa shape index (κ3) is 7.17. The van der Waals surface area contributed by atoms with E-state index in [0.717, 1.165) is 68.5 Å². The molecule has 0 aliphatic carbocycles. The van der Waals surface area contributed by atoms with E-state index in [1.54, 1.807) is 14.2 Å². The van der Waals surface area contributed by atoms with Crippen LogP contribution in [0, 0.1) is 0 Å². The molecule has 0 saturated carbocycles. The normalized spacial score (nSPS) is 15.5. The summed E-state index contributed by atoms with van der Waals surface area (Å²) in [5.41, 5.74) is 2.49. The fourth-order valence-electron chi connectivity index (χ4n) is 3.96. The number of nitrogens with one attached hydrogen (secondary N) is 2. The van der Waals surface area contributed by atoms with Crippen molar-refractivity contribution in [3.05, 3.63) is 59.7 Å². The summed E-state index contributed by atoms with van der Waals surface area (Å²) in [5, 5.41) is 7.02. The molecule has 6 heteroatoms. The first-order valence-electron chi connectivity index (χ1n) is 11.2. The van der Waals surface area contributed by atoms with Gasteiger partial charge in [-0.15, -0.1) is 0 Å². The highest BCUT2D eigenvalue weighted by molar-refractivity contribution is 5.80. The fourth-order valence-corrected chi connectivity index (χ4v) is 3.96. The summed E-state index contributed by atoms with van der Waals surface area (Å²) in [6.45, 7) is 6.88. The van der Waals surface area contributed by atoms with Gasteiger partial charge in [-0.1, -0.05) is 30.3 Å². The topological polar surface area (TPSA) is 58.1 Å². The van der Waals surface area contributed by atoms with Crippen molar-refractivity contribution < 1.29 is 9.47 Å². The molecule has 0 spiro atoms. The molecule has 0 aromatic heterocycles. The Kier molecular flexibility index (Phi) is 9.03. The highest BCUT2D eigenvalue weighted by atomic mass is 16.5. The van der Waals surface area contributed by atoms with Gasteiger partial charge in [-0.05, 0) is 55.5 Å². The molecule has 2 aromatic carbocycles. The van der Waals surface area contributed by atoms with Crippen molar-refractivity contribution in [2.75, 3.05) is 40.4 Å². The zero-order valence-corrected chi connectivity index (χ0v) is 19.1. The van der Waals surface area contributed by atoms with Crippen molar-refractivity contribution in [1.29, 1.82) is 0 Å². The quantitative estimate of drug-likeness (QED) is 0.477. The van der Waals surface area contributed by atoms with Crippen LogP contribution in [0.5, 0.6) is 11.5 Å². The van der Waals surface area contributed by atoms with Crippen molar-refractivity contribution >= 4 is 5.96 Å². The lowest BCUT2D eigenvalue weighted by Gasteiger charge is -2.33. The SMILES string of the molecule is CCNC(=NCCc1cc(OC)ccc1OC)NC1CCN(Cc2ccccc2)CC1. The minimum atomic E-state index is 0.455. The number of benzene rings is 2. The smallest absolute Gasteiger partial charge is 0.191 e. The van der Waals surface area contributed by atoms with Crippen molar-refractivity contribution in [2.24, 2.45) is 4.99 Å². The van der Waals surface area contributed by atoms with E-state index in [2.05, 4.69) is 52.8 Å². The van der Waals surface area contributed by atoms with E-state index in [1.165, 1.54) is 5.56 Å². The lowest BCUT2D eigenvalue weighted by Crippen LogP contribution is -2.48. The van der Waals surface area contributed by atoms with E-state index >= 15 is 0 Å². The average molecular weight is 425 g/mol. The number of piperidine rings is 1. The molecule has 0 radical (unpaired) electrons. The van der Waals surface area contributed by atoms with Crippen LogP contribution in [0.4, 0.5) is 0 Å². The number of aliphatic imine (C=N–C) groups is 1. The molecule has 1 aliphatic rings. The minimum absolute atomic E-state index is 0.455. The van der Waals surface area contributed by atoms with Crippen LogP contribution in [0.25, 0.3) is 0 Å². The summed E-state index contributed by atoms with van der Waals surface area (Å²) < 4.78 is 10.8. The summed E-state index contributed by atoms with van der Waals surface area (Å²) in [5.74, 6) is 2.61. The molecule has 2 aromatic rings. The average Bonchev–Trinajstić information content (AvgIpc) is 2.81. The molecule has 0 bridgehead atoms. The Labute approximate surface area is 186 Å². The van der Waals surface area contributed by atoms with E-state index < -0.39 is 0 Å². The molecule has 1 fully saturated rings. The van der Waals surface area contributed by atoms with Crippen LogP contribution in [0.1, 0.15) is 30.9 Å². The van der Waals surface area contributed by atoms with Crippen LogP contribution in [-0.4, -0.2) is 57.3 Å². The summed E-state index contributed by atoms with van der Waals surface area (Å²) >= 11 is 0. The van der Waals surface area contributed by atoms with Gasteiger partial charge in [0, 0.05) is 38.8 Å².